The summed E-state index contributed by atoms with van der Waals surface area (Å²) in [5.41, 5.74) is 7.54. The van der Waals surface area contributed by atoms with Crippen LogP contribution in [0.4, 0.5) is 5.69 Å². The molecule has 0 spiro atoms. The number of benzene rings is 4. The molecule has 0 saturated carbocycles. The van der Waals surface area contributed by atoms with Gasteiger partial charge in [-0.2, -0.15) is 5.10 Å². The number of hydrazone groups is 1. The Morgan fingerprint density at radius 1 is 0.838 bits per heavy atom. The number of phenolic OH excluding ortho intramolecular Hbond substituents is 1. The largest absolute Gasteiger partial charge is 0.508 e. The molecule has 0 fully saturated rings. The lowest BCUT2D eigenvalue weighted by molar-refractivity contribution is -0.145. The molecule has 4 rings (SSSR count). The van der Waals surface area contributed by atoms with Crippen molar-refractivity contribution in [3.63, 3.8) is 0 Å². The average molecular weight is 494 g/mol. The summed E-state index contributed by atoms with van der Waals surface area (Å²) in [6.07, 6.45) is 0.386. The smallest absolute Gasteiger partial charge is 0.323 e. The van der Waals surface area contributed by atoms with Crippen molar-refractivity contribution >= 4 is 17.4 Å². The lowest BCUT2D eigenvalue weighted by atomic mass is 9.94. The summed E-state index contributed by atoms with van der Waals surface area (Å²) in [6, 6.07) is 35.3. The van der Waals surface area contributed by atoms with Crippen molar-refractivity contribution in [2.24, 2.45) is 5.10 Å². The van der Waals surface area contributed by atoms with Crippen molar-refractivity contribution in [3.05, 3.63) is 132 Å². The van der Waals surface area contributed by atoms with Crippen molar-refractivity contribution in [2.75, 3.05) is 12.0 Å². The minimum Gasteiger partial charge on any atom is -0.508 e. The fourth-order valence-electron chi connectivity index (χ4n) is 4.04. The van der Waals surface area contributed by atoms with Crippen molar-refractivity contribution in [2.45, 2.75) is 25.4 Å². The van der Waals surface area contributed by atoms with Gasteiger partial charge in [-0.15, -0.1) is 0 Å². The Balaban J connectivity index is 1.75. The molecule has 0 aliphatic rings. The number of para-hydroxylation sites is 1. The first kappa shape index (κ1) is 25.7. The number of rotatable bonds is 11. The maximum Gasteiger partial charge on any atom is 0.323 e. The number of hydrogen-bond acceptors (Lipinski definition) is 6. The molecule has 4 aromatic carbocycles. The molecule has 0 aliphatic carbocycles. The molecule has 0 aliphatic heterocycles. The number of aromatic hydroxyl groups is 1. The van der Waals surface area contributed by atoms with Crippen LogP contribution in [0.15, 0.2) is 120 Å². The number of esters is 1. The zero-order valence-electron chi connectivity index (χ0n) is 20.7. The molecule has 6 nitrogen and oxygen atoms in total. The van der Waals surface area contributed by atoms with E-state index in [1.165, 1.54) is 0 Å². The van der Waals surface area contributed by atoms with Crippen molar-refractivity contribution in [1.29, 1.82) is 0 Å². The highest BCUT2D eigenvalue weighted by Crippen LogP contribution is 2.23. The first-order chi connectivity index (χ1) is 18.1. The van der Waals surface area contributed by atoms with Gasteiger partial charge in [0.1, 0.15) is 11.8 Å². The van der Waals surface area contributed by atoms with Crippen LogP contribution in [0.5, 0.6) is 5.75 Å². The number of ether oxygens (including phenoxy) is 1. The Kier molecular flexibility index (Phi) is 9.05. The monoisotopic (exact) mass is 493 g/mol. The molecule has 4 aromatic rings. The van der Waals surface area contributed by atoms with Crippen LogP contribution in [-0.2, 0) is 16.0 Å². The van der Waals surface area contributed by atoms with Crippen LogP contribution in [0.1, 0.15) is 29.7 Å². The Morgan fingerprint density at radius 2 is 1.43 bits per heavy atom. The van der Waals surface area contributed by atoms with Crippen LogP contribution in [0.25, 0.3) is 0 Å². The zero-order valence-corrected chi connectivity index (χ0v) is 20.7. The van der Waals surface area contributed by atoms with Gasteiger partial charge >= 0.3 is 5.97 Å². The van der Waals surface area contributed by atoms with Crippen LogP contribution in [0.3, 0.4) is 0 Å². The van der Waals surface area contributed by atoms with Crippen LogP contribution in [0, 0.1) is 0 Å². The van der Waals surface area contributed by atoms with Crippen molar-refractivity contribution in [1.82, 2.24) is 5.32 Å². The SMILES string of the molecule is CCOC(=O)[C@H](Cc1ccc(O)cc1)N[C@@H](/C(=N/Nc1ccccc1)c1ccccc1)c1ccccc1. The molecule has 3 N–H and O–H groups in total. The summed E-state index contributed by atoms with van der Waals surface area (Å²) in [7, 11) is 0. The summed E-state index contributed by atoms with van der Waals surface area (Å²) < 4.78 is 5.45. The van der Waals surface area contributed by atoms with Gasteiger partial charge in [0.05, 0.1) is 24.0 Å². The van der Waals surface area contributed by atoms with E-state index in [4.69, 9.17) is 9.84 Å². The average Bonchev–Trinajstić information content (AvgIpc) is 2.95. The highest BCUT2D eigenvalue weighted by atomic mass is 16.5. The van der Waals surface area contributed by atoms with E-state index in [-0.39, 0.29) is 18.3 Å². The molecule has 6 heteroatoms. The Labute approximate surface area is 217 Å². The second-order valence-electron chi connectivity index (χ2n) is 8.53. The number of anilines is 1. The van der Waals surface area contributed by atoms with E-state index in [1.807, 2.05) is 103 Å². The first-order valence-corrected chi connectivity index (χ1v) is 12.3. The summed E-state index contributed by atoms with van der Waals surface area (Å²) >= 11 is 0. The van der Waals surface area contributed by atoms with Gasteiger partial charge in [-0.1, -0.05) is 91.0 Å². The first-order valence-electron chi connectivity index (χ1n) is 12.3. The lowest BCUT2D eigenvalue weighted by Crippen LogP contribution is -2.44. The van der Waals surface area contributed by atoms with E-state index in [0.717, 1.165) is 28.1 Å². The molecule has 0 bridgehead atoms. The molecule has 0 heterocycles. The van der Waals surface area contributed by atoms with Gasteiger partial charge in [-0.25, -0.2) is 0 Å². The molecule has 37 heavy (non-hydrogen) atoms. The highest BCUT2D eigenvalue weighted by Gasteiger charge is 2.28. The maximum atomic E-state index is 13.1. The summed E-state index contributed by atoms with van der Waals surface area (Å²) in [5, 5.41) is 18.1. The number of nitrogens with zero attached hydrogens (tertiary/aromatic N) is 1. The van der Waals surface area contributed by atoms with E-state index in [9.17, 15) is 9.90 Å². The van der Waals surface area contributed by atoms with Gasteiger partial charge in [-0.05, 0) is 54.3 Å². The van der Waals surface area contributed by atoms with Gasteiger partial charge in [0, 0.05) is 0 Å². The summed E-state index contributed by atoms with van der Waals surface area (Å²) in [6.45, 7) is 2.07. The lowest BCUT2D eigenvalue weighted by Gasteiger charge is -2.27. The highest BCUT2D eigenvalue weighted by molar-refractivity contribution is 6.05. The molecule has 0 amide bonds. The van der Waals surface area contributed by atoms with Crippen LogP contribution >= 0.6 is 0 Å². The van der Waals surface area contributed by atoms with Crippen LogP contribution in [0.2, 0.25) is 0 Å². The van der Waals surface area contributed by atoms with E-state index in [2.05, 4.69) is 10.7 Å². The number of phenols is 1. The third-order valence-electron chi connectivity index (χ3n) is 5.87. The maximum absolute atomic E-state index is 13.1. The number of nitrogens with one attached hydrogen (secondary N) is 2. The second-order valence-corrected chi connectivity index (χ2v) is 8.53. The minimum atomic E-state index is -0.652. The third kappa shape index (κ3) is 7.29. The number of carbonyl (C=O) groups is 1. The van der Waals surface area contributed by atoms with E-state index < -0.39 is 12.1 Å². The number of hydrogen-bond donors (Lipinski definition) is 3. The van der Waals surface area contributed by atoms with Crippen molar-refractivity contribution in [3.8, 4) is 5.75 Å². The molecule has 0 aromatic heterocycles. The normalized spacial score (nSPS) is 12.9. The van der Waals surface area contributed by atoms with Crippen LogP contribution in [-0.4, -0.2) is 29.4 Å². The molecule has 0 radical (unpaired) electrons. The fourth-order valence-corrected chi connectivity index (χ4v) is 4.04. The van der Waals surface area contributed by atoms with Gasteiger partial charge < -0.3 is 9.84 Å². The fraction of sp³-hybridized carbons (Fsp3) is 0.161. The second kappa shape index (κ2) is 13.0. The van der Waals surface area contributed by atoms with Gasteiger partial charge in [0.2, 0.25) is 0 Å². The molecule has 0 unspecified atom stereocenters. The molecule has 0 saturated heterocycles. The van der Waals surface area contributed by atoms with Gasteiger partial charge in [-0.3, -0.25) is 15.5 Å². The predicted molar refractivity (Wildman–Crippen MR) is 148 cm³/mol. The zero-order chi connectivity index (χ0) is 25.9. The van der Waals surface area contributed by atoms with Crippen molar-refractivity contribution < 1.29 is 14.6 Å². The van der Waals surface area contributed by atoms with E-state index in [1.54, 1.807) is 19.1 Å². The summed E-state index contributed by atoms with van der Waals surface area (Å²) in [5.74, 6) is -0.169. The molecular formula is C31H31N3O3. The summed E-state index contributed by atoms with van der Waals surface area (Å²) in [4.78, 5) is 13.1. The molecule has 2 atom stereocenters. The van der Waals surface area contributed by atoms with E-state index >= 15 is 0 Å². The Bertz CT molecular complexity index is 1280. The Morgan fingerprint density at radius 3 is 2.05 bits per heavy atom. The third-order valence-corrected chi connectivity index (χ3v) is 5.87. The predicted octanol–water partition coefficient (Wildman–Crippen LogP) is 5.71. The minimum absolute atomic E-state index is 0.178. The van der Waals surface area contributed by atoms with E-state index in [0.29, 0.717) is 6.42 Å². The quantitative estimate of drug-likeness (QED) is 0.142. The van der Waals surface area contributed by atoms with Gasteiger partial charge in [0.15, 0.2) is 0 Å². The standard InChI is InChI=1S/C31H31N3O3/c1-2-37-31(36)28(22-23-18-20-27(35)21-19-23)32-29(24-12-6-3-7-13-24)30(25-14-8-4-9-15-25)34-33-26-16-10-5-11-17-26/h3-21,28-29,32-33,35H,2,22H2,1H3/b34-30+/t28-,29+/m0/s1. The van der Waals surface area contributed by atoms with Gasteiger partial charge in [0.25, 0.3) is 0 Å². The van der Waals surface area contributed by atoms with Crippen LogP contribution < -0.4 is 10.7 Å². The molecular weight excluding hydrogens is 462 g/mol. The Hall–Kier alpha value is -4.42. The molecule has 188 valence electrons. The topological polar surface area (TPSA) is 83.0 Å². The number of carbonyl (C=O) groups excluding carboxylic acids is 1.